The van der Waals surface area contributed by atoms with E-state index in [9.17, 15) is 4.79 Å². The Hall–Kier alpha value is -2.08. The van der Waals surface area contributed by atoms with Crippen molar-refractivity contribution in [2.75, 3.05) is 19.0 Å². The van der Waals surface area contributed by atoms with Crippen LogP contribution in [0.4, 0.5) is 5.69 Å². The summed E-state index contributed by atoms with van der Waals surface area (Å²) in [5, 5.41) is 6.03. The van der Waals surface area contributed by atoms with Crippen LogP contribution in [0.1, 0.15) is 31.2 Å². The summed E-state index contributed by atoms with van der Waals surface area (Å²) < 4.78 is 5.15. The number of hydrogen-bond donors (Lipinski definition) is 3. The minimum absolute atomic E-state index is 0.106. The van der Waals surface area contributed by atoms with Crippen molar-refractivity contribution in [3.8, 4) is 0 Å². The van der Waals surface area contributed by atoms with Crippen LogP contribution in [0.3, 0.4) is 0 Å². The standard InChI is InChI=1S/C16H24N4O2/c1-22-11-12-5-2-3-6-14(12)20-16(17)18-10-4-7-15(21)19-13-8-9-13/h2-3,5-6,13H,4,7-11H2,1H3,(H,19,21)(H3,17,18,20). The number of para-hydroxylation sites is 1. The van der Waals surface area contributed by atoms with Gasteiger partial charge in [0.05, 0.1) is 6.61 Å². The number of guanidine groups is 1. The van der Waals surface area contributed by atoms with Gasteiger partial charge in [0.25, 0.3) is 0 Å². The number of benzene rings is 1. The second kappa shape index (κ2) is 8.38. The number of ether oxygens (including phenoxy) is 1. The van der Waals surface area contributed by atoms with Gasteiger partial charge in [-0.15, -0.1) is 0 Å². The third-order valence-electron chi connectivity index (χ3n) is 3.37. The van der Waals surface area contributed by atoms with Crippen LogP contribution in [-0.2, 0) is 16.1 Å². The average Bonchev–Trinajstić information content (AvgIpc) is 3.30. The van der Waals surface area contributed by atoms with Crippen LogP contribution in [0.15, 0.2) is 29.3 Å². The molecule has 6 heteroatoms. The summed E-state index contributed by atoms with van der Waals surface area (Å²) in [5.74, 6) is 0.459. The molecule has 4 N–H and O–H groups in total. The predicted molar refractivity (Wildman–Crippen MR) is 87.7 cm³/mol. The zero-order valence-corrected chi connectivity index (χ0v) is 13.0. The summed E-state index contributed by atoms with van der Waals surface area (Å²) in [6.45, 7) is 1.04. The van der Waals surface area contributed by atoms with Crippen molar-refractivity contribution in [3.05, 3.63) is 29.8 Å². The molecule has 1 aliphatic rings. The van der Waals surface area contributed by atoms with Crippen molar-refractivity contribution in [1.29, 1.82) is 0 Å². The van der Waals surface area contributed by atoms with E-state index in [4.69, 9.17) is 10.5 Å². The number of nitrogens with two attached hydrogens (primary N) is 1. The van der Waals surface area contributed by atoms with Gasteiger partial charge in [0.1, 0.15) is 0 Å². The summed E-state index contributed by atoms with van der Waals surface area (Å²) >= 11 is 0. The molecule has 0 spiro atoms. The number of nitrogens with zero attached hydrogens (tertiary/aromatic N) is 1. The summed E-state index contributed by atoms with van der Waals surface area (Å²) in [6.07, 6.45) is 3.41. The van der Waals surface area contributed by atoms with Gasteiger partial charge >= 0.3 is 0 Å². The predicted octanol–water partition coefficient (Wildman–Crippen LogP) is 1.62. The van der Waals surface area contributed by atoms with Crippen LogP contribution >= 0.6 is 0 Å². The third kappa shape index (κ3) is 5.73. The topological polar surface area (TPSA) is 88.7 Å². The number of amides is 1. The number of aliphatic imine (C=N–C) groups is 1. The van der Waals surface area contributed by atoms with Gasteiger partial charge in [-0.3, -0.25) is 9.79 Å². The highest BCUT2D eigenvalue weighted by Crippen LogP contribution is 2.18. The Morgan fingerprint density at radius 1 is 1.41 bits per heavy atom. The molecule has 1 fully saturated rings. The van der Waals surface area contributed by atoms with E-state index < -0.39 is 0 Å². The first-order valence-electron chi connectivity index (χ1n) is 7.62. The van der Waals surface area contributed by atoms with E-state index in [1.165, 1.54) is 0 Å². The maximum absolute atomic E-state index is 11.5. The van der Waals surface area contributed by atoms with Crippen LogP contribution in [-0.4, -0.2) is 31.6 Å². The van der Waals surface area contributed by atoms with E-state index >= 15 is 0 Å². The lowest BCUT2D eigenvalue weighted by Crippen LogP contribution is -2.26. The van der Waals surface area contributed by atoms with Crippen LogP contribution < -0.4 is 16.4 Å². The highest BCUT2D eigenvalue weighted by Gasteiger charge is 2.22. The van der Waals surface area contributed by atoms with Gasteiger partial charge < -0.3 is 21.1 Å². The van der Waals surface area contributed by atoms with E-state index in [1.807, 2.05) is 24.3 Å². The first-order valence-corrected chi connectivity index (χ1v) is 7.62. The normalized spacial score (nSPS) is 14.7. The molecule has 1 aliphatic carbocycles. The molecule has 2 rings (SSSR count). The highest BCUT2D eigenvalue weighted by molar-refractivity contribution is 5.93. The molecular weight excluding hydrogens is 280 g/mol. The molecule has 0 unspecified atom stereocenters. The second-order valence-electron chi connectivity index (χ2n) is 5.43. The summed E-state index contributed by atoms with van der Waals surface area (Å²) in [7, 11) is 1.65. The molecule has 0 aromatic heterocycles. The molecule has 1 amide bonds. The molecule has 0 atom stereocenters. The number of methoxy groups -OCH3 is 1. The molecule has 0 aliphatic heterocycles. The molecule has 22 heavy (non-hydrogen) atoms. The molecule has 1 aromatic rings. The number of nitrogens with one attached hydrogen (secondary N) is 2. The zero-order valence-electron chi connectivity index (χ0n) is 13.0. The fraction of sp³-hybridized carbons (Fsp3) is 0.500. The van der Waals surface area contributed by atoms with Crippen LogP contribution in [0, 0.1) is 0 Å². The summed E-state index contributed by atoms with van der Waals surface area (Å²) in [6, 6.07) is 8.20. The fourth-order valence-electron chi connectivity index (χ4n) is 2.07. The van der Waals surface area contributed by atoms with Crippen molar-refractivity contribution < 1.29 is 9.53 Å². The Morgan fingerprint density at radius 2 is 2.18 bits per heavy atom. The van der Waals surface area contributed by atoms with E-state index in [0.29, 0.717) is 38.0 Å². The molecule has 0 saturated heterocycles. The van der Waals surface area contributed by atoms with E-state index in [0.717, 1.165) is 24.1 Å². The Labute approximate surface area is 131 Å². The Morgan fingerprint density at radius 3 is 2.91 bits per heavy atom. The second-order valence-corrected chi connectivity index (χ2v) is 5.43. The van der Waals surface area contributed by atoms with Gasteiger partial charge in [-0.25, -0.2) is 0 Å². The van der Waals surface area contributed by atoms with Gasteiger partial charge in [0.15, 0.2) is 5.96 Å². The number of carbonyl (C=O) groups is 1. The summed E-state index contributed by atoms with van der Waals surface area (Å²) in [5.41, 5.74) is 7.78. The van der Waals surface area contributed by atoms with Crippen molar-refractivity contribution in [1.82, 2.24) is 5.32 Å². The molecule has 120 valence electrons. The minimum atomic E-state index is 0.106. The van der Waals surface area contributed by atoms with Crippen molar-refractivity contribution >= 4 is 17.6 Å². The first-order chi connectivity index (χ1) is 10.7. The minimum Gasteiger partial charge on any atom is -0.380 e. The third-order valence-corrected chi connectivity index (χ3v) is 3.37. The maximum Gasteiger partial charge on any atom is 0.220 e. The SMILES string of the molecule is COCc1ccccc1NC(N)=NCCCC(=O)NC1CC1. The Balaban J connectivity index is 1.73. The number of anilines is 1. The maximum atomic E-state index is 11.5. The quantitative estimate of drug-likeness (QED) is 0.387. The summed E-state index contributed by atoms with van der Waals surface area (Å²) in [4.78, 5) is 15.8. The van der Waals surface area contributed by atoms with Gasteiger partial charge in [-0.05, 0) is 25.3 Å². The molecule has 0 heterocycles. The van der Waals surface area contributed by atoms with E-state index in [2.05, 4.69) is 15.6 Å². The van der Waals surface area contributed by atoms with Crippen molar-refractivity contribution in [3.63, 3.8) is 0 Å². The monoisotopic (exact) mass is 304 g/mol. The molecule has 0 bridgehead atoms. The fourth-order valence-corrected chi connectivity index (χ4v) is 2.07. The number of rotatable bonds is 8. The van der Waals surface area contributed by atoms with E-state index in [-0.39, 0.29) is 5.91 Å². The highest BCUT2D eigenvalue weighted by atomic mass is 16.5. The van der Waals surface area contributed by atoms with Crippen molar-refractivity contribution in [2.24, 2.45) is 10.7 Å². The Bertz CT molecular complexity index is 527. The number of hydrogen-bond acceptors (Lipinski definition) is 3. The first kappa shape index (κ1) is 16.3. The van der Waals surface area contributed by atoms with Gasteiger partial charge in [-0.1, -0.05) is 18.2 Å². The Kier molecular flexibility index (Phi) is 6.21. The molecular formula is C16H24N4O2. The van der Waals surface area contributed by atoms with Gasteiger partial charge in [0, 0.05) is 37.4 Å². The largest absolute Gasteiger partial charge is 0.380 e. The molecule has 6 nitrogen and oxygen atoms in total. The van der Waals surface area contributed by atoms with E-state index in [1.54, 1.807) is 7.11 Å². The lowest BCUT2D eigenvalue weighted by molar-refractivity contribution is -0.121. The number of carbonyl (C=O) groups excluding carboxylic acids is 1. The van der Waals surface area contributed by atoms with Crippen LogP contribution in [0.5, 0.6) is 0 Å². The van der Waals surface area contributed by atoms with Gasteiger partial charge in [0.2, 0.25) is 5.91 Å². The van der Waals surface area contributed by atoms with Gasteiger partial charge in [-0.2, -0.15) is 0 Å². The molecule has 1 aromatic carbocycles. The zero-order chi connectivity index (χ0) is 15.8. The van der Waals surface area contributed by atoms with Crippen molar-refractivity contribution in [2.45, 2.75) is 38.3 Å². The smallest absolute Gasteiger partial charge is 0.220 e. The van der Waals surface area contributed by atoms with Crippen LogP contribution in [0.25, 0.3) is 0 Å². The van der Waals surface area contributed by atoms with Crippen LogP contribution in [0.2, 0.25) is 0 Å². The molecule has 0 radical (unpaired) electrons. The lowest BCUT2D eigenvalue weighted by Gasteiger charge is -2.10. The molecule has 1 saturated carbocycles. The average molecular weight is 304 g/mol. The lowest BCUT2D eigenvalue weighted by atomic mass is 10.2.